The van der Waals surface area contributed by atoms with E-state index in [1.54, 1.807) is 18.2 Å². The number of anilines is 1. The molecule has 1 atom stereocenters. The van der Waals surface area contributed by atoms with E-state index < -0.39 is 6.04 Å². The van der Waals surface area contributed by atoms with Gasteiger partial charge in [0.25, 0.3) is 5.91 Å². The van der Waals surface area contributed by atoms with Gasteiger partial charge in [0, 0.05) is 12.7 Å². The highest BCUT2D eigenvalue weighted by molar-refractivity contribution is 6.32. The van der Waals surface area contributed by atoms with Crippen molar-refractivity contribution in [2.45, 2.75) is 12.5 Å². The van der Waals surface area contributed by atoms with Crippen molar-refractivity contribution in [3.63, 3.8) is 0 Å². The molecule has 1 aliphatic heterocycles. The van der Waals surface area contributed by atoms with E-state index in [1.165, 1.54) is 7.05 Å². The summed E-state index contributed by atoms with van der Waals surface area (Å²) in [6.45, 7) is 0. The molecule has 1 unspecified atom stereocenters. The Labute approximate surface area is 109 Å². The third kappa shape index (κ3) is 2.15. The van der Waals surface area contributed by atoms with Crippen LogP contribution < -0.4 is 5.32 Å². The van der Waals surface area contributed by atoms with Gasteiger partial charge in [-0.15, -0.1) is 0 Å². The third-order valence-electron chi connectivity index (χ3n) is 2.81. The summed E-state index contributed by atoms with van der Waals surface area (Å²) in [6, 6.07) is 6.17. The molecule has 1 aromatic carbocycles. The summed E-state index contributed by atoms with van der Waals surface area (Å²) < 4.78 is 0. The van der Waals surface area contributed by atoms with Crippen LogP contribution in [0, 0.1) is 11.3 Å². The number of rotatable bonds is 2. The molecule has 92 valence electrons. The Morgan fingerprint density at radius 2 is 2.22 bits per heavy atom. The van der Waals surface area contributed by atoms with Crippen molar-refractivity contribution in [3.05, 3.63) is 28.8 Å². The predicted octanol–water partition coefficient (Wildman–Crippen LogP) is 1.38. The van der Waals surface area contributed by atoms with E-state index in [0.717, 1.165) is 4.90 Å². The Morgan fingerprint density at radius 1 is 1.50 bits per heavy atom. The normalized spacial score (nSPS) is 18.9. The second-order valence-electron chi connectivity index (χ2n) is 4.00. The van der Waals surface area contributed by atoms with Crippen LogP contribution >= 0.6 is 11.6 Å². The van der Waals surface area contributed by atoms with E-state index in [4.69, 9.17) is 16.9 Å². The molecule has 0 radical (unpaired) electrons. The molecular formula is C12H10ClN3O2. The molecule has 0 aromatic heterocycles. The van der Waals surface area contributed by atoms with E-state index in [1.807, 2.05) is 6.07 Å². The third-order valence-corrected chi connectivity index (χ3v) is 3.12. The van der Waals surface area contributed by atoms with Crippen LogP contribution in [-0.2, 0) is 9.59 Å². The van der Waals surface area contributed by atoms with Crippen molar-refractivity contribution >= 4 is 29.1 Å². The monoisotopic (exact) mass is 263 g/mol. The molecular weight excluding hydrogens is 254 g/mol. The number of nitrogens with zero attached hydrogens (tertiary/aromatic N) is 2. The number of amides is 2. The second kappa shape index (κ2) is 4.67. The number of hydrogen-bond donors (Lipinski definition) is 1. The first-order valence-electron chi connectivity index (χ1n) is 5.29. The molecule has 6 heteroatoms. The van der Waals surface area contributed by atoms with Crippen LogP contribution in [0.5, 0.6) is 0 Å². The molecule has 2 rings (SSSR count). The first-order chi connectivity index (χ1) is 8.52. The van der Waals surface area contributed by atoms with Crippen molar-refractivity contribution in [2.24, 2.45) is 0 Å². The lowest BCUT2D eigenvalue weighted by Gasteiger charge is -2.12. The zero-order valence-corrected chi connectivity index (χ0v) is 10.4. The van der Waals surface area contributed by atoms with Crippen LogP contribution in [0.25, 0.3) is 0 Å². The van der Waals surface area contributed by atoms with Gasteiger partial charge in [-0.2, -0.15) is 5.26 Å². The Kier molecular flexibility index (Phi) is 3.21. The molecule has 1 saturated heterocycles. The summed E-state index contributed by atoms with van der Waals surface area (Å²) in [6.07, 6.45) is 0.132. The number of likely N-dealkylation sites (tertiary alicyclic amines) is 1. The molecule has 1 fully saturated rings. The Hall–Kier alpha value is -2.06. The summed E-state index contributed by atoms with van der Waals surface area (Å²) in [4.78, 5) is 24.1. The van der Waals surface area contributed by atoms with E-state index >= 15 is 0 Å². The van der Waals surface area contributed by atoms with E-state index in [9.17, 15) is 9.59 Å². The van der Waals surface area contributed by atoms with Gasteiger partial charge in [0.1, 0.15) is 12.1 Å². The molecule has 2 amide bonds. The number of carbonyl (C=O) groups excluding carboxylic acids is 2. The molecule has 0 bridgehead atoms. The maximum atomic E-state index is 11.7. The average molecular weight is 264 g/mol. The maximum Gasteiger partial charge on any atom is 0.251 e. The molecule has 0 saturated carbocycles. The van der Waals surface area contributed by atoms with Gasteiger partial charge in [0.05, 0.1) is 17.0 Å². The molecule has 5 nitrogen and oxygen atoms in total. The van der Waals surface area contributed by atoms with Crippen molar-refractivity contribution in [3.8, 4) is 6.07 Å². The average Bonchev–Trinajstić information content (AvgIpc) is 2.57. The van der Waals surface area contributed by atoms with Crippen LogP contribution in [0.1, 0.15) is 12.0 Å². The smallest absolute Gasteiger partial charge is 0.251 e. The van der Waals surface area contributed by atoms with Gasteiger partial charge in [-0.25, -0.2) is 0 Å². The largest absolute Gasteiger partial charge is 0.373 e. The lowest BCUT2D eigenvalue weighted by atomic mass is 10.2. The predicted molar refractivity (Wildman–Crippen MR) is 66.0 cm³/mol. The number of carbonyl (C=O) groups is 2. The fourth-order valence-electron chi connectivity index (χ4n) is 1.77. The summed E-state index contributed by atoms with van der Waals surface area (Å²) in [5.74, 6) is -0.474. The quantitative estimate of drug-likeness (QED) is 0.818. The highest BCUT2D eigenvalue weighted by Crippen LogP contribution is 2.23. The minimum absolute atomic E-state index is 0.132. The van der Waals surface area contributed by atoms with Crippen LogP contribution in [0.3, 0.4) is 0 Å². The zero-order valence-electron chi connectivity index (χ0n) is 9.61. The van der Waals surface area contributed by atoms with Crippen LogP contribution in [0.2, 0.25) is 5.02 Å². The van der Waals surface area contributed by atoms with Crippen molar-refractivity contribution in [1.82, 2.24) is 4.90 Å². The first-order valence-corrected chi connectivity index (χ1v) is 5.67. The van der Waals surface area contributed by atoms with Crippen LogP contribution in [0.15, 0.2) is 18.2 Å². The lowest BCUT2D eigenvalue weighted by molar-refractivity contribution is -0.136. The number of nitrogens with one attached hydrogen (secondary N) is 1. The number of hydrogen-bond acceptors (Lipinski definition) is 4. The Morgan fingerprint density at radius 3 is 2.72 bits per heavy atom. The summed E-state index contributed by atoms with van der Waals surface area (Å²) in [5, 5.41) is 12.0. The van der Waals surface area contributed by atoms with Gasteiger partial charge in [-0.05, 0) is 18.2 Å². The summed E-state index contributed by atoms with van der Waals surface area (Å²) in [5.41, 5.74) is 0.980. The molecule has 18 heavy (non-hydrogen) atoms. The molecule has 1 heterocycles. The van der Waals surface area contributed by atoms with Crippen molar-refractivity contribution in [2.75, 3.05) is 12.4 Å². The zero-order chi connectivity index (χ0) is 13.3. The molecule has 1 aliphatic rings. The number of likely N-dealkylation sites (N-methyl/N-ethyl adjacent to an activating group) is 1. The second-order valence-corrected chi connectivity index (χ2v) is 4.41. The summed E-state index contributed by atoms with van der Waals surface area (Å²) in [7, 11) is 1.46. The molecule has 1 aromatic rings. The Bertz CT molecular complexity index is 565. The fraction of sp³-hybridized carbons (Fsp3) is 0.250. The number of nitriles is 1. The number of imide groups is 1. The van der Waals surface area contributed by atoms with Gasteiger partial charge in [-0.3, -0.25) is 14.5 Å². The van der Waals surface area contributed by atoms with E-state index in [0.29, 0.717) is 16.3 Å². The van der Waals surface area contributed by atoms with Crippen LogP contribution in [-0.4, -0.2) is 29.8 Å². The van der Waals surface area contributed by atoms with Gasteiger partial charge in [0.2, 0.25) is 5.91 Å². The van der Waals surface area contributed by atoms with Crippen molar-refractivity contribution in [1.29, 1.82) is 5.26 Å². The van der Waals surface area contributed by atoms with Crippen LogP contribution in [0.4, 0.5) is 5.69 Å². The highest BCUT2D eigenvalue weighted by Gasteiger charge is 2.35. The van der Waals surface area contributed by atoms with Gasteiger partial charge in [0.15, 0.2) is 0 Å². The first kappa shape index (κ1) is 12.4. The molecule has 1 N–H and O–H groups in total. The number of halogens is 1. The highest BCUT2D eigenvalue weighted by atomic mass is 35.5. The molecule has 0 spiro atoms. The van der Waals surface area contributed by atoms with E-state index in [-0.39, 0.29) is 18.2 Å². The van der Waals surface area contributed by atoms with Gasteiger partial charge in [-0.1, -0.05) is 11.6 Å². The Balaban J connectivity index is 2.16. The number of benzene rings is 1. The summed E-state index contributed by atoms with van der Waals surface area (Å²) >= 11 is 5.88. The maximum absolute atomic E-state index is 11.7. The topological polar surface area (TPSA) is 73.2 Å². The van der Waals surface area contributed by atoms with E-state index in [2.05, 4.69) is 5.32 Å². The fourth-order valence-corrected chi connectivity index (χ4v) is 1.99. The van der Waals surface area contributed by atoms with Gasteiger partial charge < -0.3 is 5.32 Å². The molecule has 0 aliphatic carbocycles. The van der Waals surface area contributed by atoms with Gasteiger partial charge >= 0.3 is 0 Å². The minimum Gasteiger partial charge on any atom is -0.373 e. The minimum atomic E-state index is -0.563. The lowest BCUT2D eigenvalue weighted by Crippen LogP contribution is -2.31. The van der Waals surface area contributed by atoms with Crippen molar-refractivity contribution < 1.29 is 9.59 Å². The SMILES string of the molecule is CN1C(=O)CC(Nc2ccc(C#N)c(Cl)c2)C1=O. The standard InChI is InChI=1S/C12H10ClN3O2/c1-16-11(17)5-10(12(16)18)15-8-3-2-7(6-14)9(13)4-8/h2-4,10,15H,5H2,1H3.